The number of nitrogens with one attached hydrogen (secondary N) is 2. The third-order valence-electron chi connectivity index (χ3n) is 3.48. The molecule has 6 nitrogen and oxygen atoms in total. The van der Waals surface area contributed by atoms with Crippen molar-refractivity contribution in [3.05, 3.63) is 30.1 Å². The molecule has 0 bridgehead atoms. The van der Waals surface area contributed by atoms with Gasteiger partial charge in [-0.05, 0) is 37.1 Å². The van der Waals surface area contributed by atoms with E-state index in [4.69, 9.17) is 5.11 Å². The lowest BCUT2D eigenvalue weighted by Crippen LogP contribution is -2.45. The zero-order valence-corrected chi connectivity index (χ0v) is 11.1. The molecule has 0 heterocycles. The summed E-state index contributed by atoms with van der Waals surface area (Å²) >= 11 is 0. The van der Waals surface area contributed by atoms with Crippen LogP contribution in [0.25, 0.3) is 0 Å². The van der Waals surface area contributed by atoms with Crippen LogP contribution in [0.4, 0.5) is 10.1 Å². The number of rotatable bonds is 5. The third kappa shape index (κ3) is 3.77. The number of carbonyl (C=O) groups excluding carboxylic acids is 2. The van der Waals surface area contributed by atoms with Gasteiger partial charge in [-0.15, -0.1) is 0 Å². The quantitative estimate of drug-likeness (QED) is 0.754. The average molecular weight is 294 g/mol. The summed E-state index contributed by atoms with van der Waals surface area (Å²) in [6.45, 7) is -0.251. The lowest BCUT2D eigenvalue weighted by molar-refractivity contribution is -0.152. The minimum Gasteiger partial charge on any atom is -0.481 e. The molecule has 2 unspecified atom stereocenters. The molecule has 3 N–H and O–H groups in total. The molecular formula is C14H15FN2O4. The molecule has 1 aromatic carbocycles. The van der Waals surface area contributed by atoms with E-state index < -0.39 is 35.4 Å². The number of hydrogen-bond acceptors (Lipinski definition) is 3. The summed E-state index contributed by atoms with van der Waals surface area (Å²) in [5.74, 6) is -3.52. The fourth-order valence-corrected chi connectivity index (χ4v) is 2.15. The zero-order valence-electron chi connectivity index (χ0n) is 11.1. The number of hydrogen-bond donors (Lipinski definition) is 3. The van der Waals surface area contributed by atoms with E-state index in [9.17, 15) is 18.8 Å². The molecule has 0 saturated heterocycles. The molecule has 1 aromatic rings. The molecule has 1 fully saturated rings. The van der Waals surface area contributed by atoms with Crippen LogP contribution in [0.3, 0.4) is 0 Å². The minimum absolute atomic E-state index is 0.251. The second-order valence-electron chi connectivity index (χ2n) is 4.90. The fourth-order valence-electron chi connectivity index (χ4n) is 2.15. The average Bonchev–Trinajstić information content (AvgIpc) is 2.37. The molecule has 1 aliphatic carbocycles. The van der Waals surface area contributed by atoms with E-state index in [1.807, 2.05) is 0 Å². The van der Waals surface area contributed by atoms with Crippen LogP contribution >= 0.6 is 0 Å². The summed E-state index contributed by atoms with van der Waals surface area (Å²) in [6, 6.07) is 5.23. The molecule has 0 aromatic heterocycles. The monoisotopic (exact) mass is 294 g/mol. The smallest absolute Gasteiger partial charge is 0.307 e. The molecule has 0 radical (unpaired) electrons. The Labute approximate surface area is 120 Å². The highest BCUT2D eigenvalue weighted by molar-refractivity contribution is 5.95. The molecule has 0 aliphatic heterocycles. The topological polar surface area (TPSA) is 95.5 Å². The van der Waals surface area contributed by atoms with Crippen molar-refractivity contribution in [2.75, 3.05) is 11.9 Å². The predicted molar refractivity (Wildman–Crippen MR) is 71.9 cm³/mol. The number of carbonyl (C=O) groups is 3. The van der Waals surface area contributed by atoms with Crippen molar-refractivity contribution < 1.29 is 23.9 Å². The second-order valence-corrected chi connectivity index (χ2v) is 4.90. The van der Waals surface area contributed by atoms with Gasteiger partial charge in [0.2, 0.25) is 11.8 Å². The highest BCUT2D eigenvalue weighted by Gasteiger charge is 2.41. The van der Waals surface area contributed by atoms with E-state index in [0.717, 1.165) is 0 Å². The van der Waals surface area contributed by atoms with Crippen LogP contribution in [0.2, 0.25) is 0 Å². The molecule has 2 atom stereocenters. The molecule has 1 saturated carbocycles. The number of aliphatic carboxylic acids is 1. The van der Waals surface area contributed by atoms with Crippen molar-refractivity contribution in [1.29, 1.82) is 0 Å². The summed E-state index contributed by atoms with van der Waals surface area (Å²) in [4.78, 5) is 34.2. The summed E-state index contributed by atoms with van der Waals surface area (Å²) in [7, 11) is 0. The van der Waals surface area contributed by atoms with Gasteiger partial charge in [0, 0.05) is 5.69 Å². The number of benzene rings is 1. The van der Waals surface area contributed by atoms with Gasteiger partial charge >= 0.3 is 5.97 Å². The van der Waals surface area contributed by atoms with Crippen molar-refractivity contribution in [3.63, 3.8) is 0 Å². The largest absolute Gasteiger partial charge is 0.481 e. The first-order valence-corrected chi connectivity index (χ1v) is 6.53. The SMILES string of the molecule is O=C(CNC(=O)C1CCC1C(=O)O)Nc1ccc(F)cc1. The Morgan fingerprint density at radius 1 is 1.14 bits per heavy atom. The van der Waals surface area contributed by atoms with Crippen LogP contribution in [0, 0.1) is 17.7 Å². The summed E-state index contributed by atoms with van der Waals surface area (Å²) in [5, 5.41) is 13.8. The maximum atomic E-state index is 12.7. The van der Waals surface area contributed by atoms with Gasteiger partial charge in [0.25, 0.3) is 0 Å². The molecule has 0 spiro atoms. The number of halogens is 1. The lowest BCUT2D eigenvalue weighted by Gasteiger charge is -2.31. The van der Waals surface area contributed by atoms with Crippen LogP contribution in [0.15, 0.2) is 24.3 Å². The van der Waals surface area contributed by atoms with E-state index in [0.29, 0.717) is 18.5 Å². The van der Waals surface area contributed by atoms with Crippen LogP contribution < -0.4 is 10.6 Å². The van der Waals surface area contributed by atoms with Gasteiger partial charge in [-0.25, -0.2) is 4.39 Å². The van der Waals surface area contributed by atoms with Crippen LogP contribution in [-0.4, -0.2) is 29.4 Å². The molecule has 1 aliphatic rings. The van der Waals surface area contributed by atoms with Crippen LogP contribution in [0.1, 0.15) is 12.8 Å². The maximum absolute atomic E-state index is 12.7. The zero-order chi connectivity index (χ0) is 15.4. The Hall–Kier alpha value is -2.44. The minimum atomic E-state index is -0.989. The molecule has 2 rings (SSSR count). The van der Waals surface area contributed by atoms with E-state index in [1.54, 1.807) is 0 Å². The Morgan fingerprint density at radius 3 is 2.29 bits per heavy atom. The van der Waals surface area contributed by atoms with E-state index in [-0.39, 0.29) is 6.54 Å². The molecule has 7 heteroatoms. The maximum Gasteiger partial charge on any atom is 0.307 e. The van der Waals surface area contributed by atoms with Crippen molar-refractivity contribution in [3.8, 4) is 0 Å². The normalized spacial score (nSPS) is 20.2. The Morgan fingerprint density at radius 2 is 1.76 bits per heavy atom. The van der Waals surface area contributed by atoms with Gasteiger partial charge in [-0.3, -0.25) is 14.4 Å². The Kier molecular flexibility index (Phi) is 4.52. The van der Waals surface area contributed by atoms with Gasteiger partial charge < -0.3 is 15.7 Å². The van der Waals surface area contributed by atoms with Gasteiger partial charge in [-0.2, -0.15) is 0 Å². The summed E-state index contributed by atoms with van der Waals surface area (Å²) in [5.41, 5.74) is 0.419. The molecule has 21 heavy (non-hydrogen) atoms. The number of carboxylic acid groups (broad SMARTS) is 1. The van der Waals surface area contributed by atoms with Crippen molar-refractivity contribution >= 4 is 23.5 Å². The van der Waals surface area contributed by atoms with Crippen molar-refractivity contribution in [2.24, 2.45) is 11.8 Å². The van der Waals surface area contributed by atoms with E-state index >= 15 is 0 Å². The standard InChI is InChI=1S/C14H15FN2O4/c15-8-1-3-9(4-2-8)17-12(18)7-16-13(19)10-5-6-11(10)14(20)21/h1-4,10-11H,5-7H2,(H,16,19)(H,17,18)(H,20,21). The van der Waals surface area contributed by atoms with Crippen molar-refractivity contribution in [2.45, 2.75) is 12.8 Å². The van der Waals surface area contributed by atoms with Crippen LogP contribution in [-0.2, 0) is 14.4 Å². The predicted octanol–water partition coefficient (Wildman–Crippen LogP) is 0.991. The first-order chi connectivity index (χ1) is 9.97. The Bertz CT molecular complexity index is 559. The highest BCUT2D eigenvalue weighted by Crippen LogP contribution is 2.34. The Balaban J connectivity index is 1.77. The first kappa shape index (κ1) is 15.0. The summed E-state index contributed by atoms with van der Waals surface area (Å²) in [6.07, 6.45) is 0.998. The van der Waals surface area contributed by atoms with Gasteiger partial charge in [-0.1, -0.05) is 0 Å². The fraction of sp³-hybridized carbons (Fsp3) is 0.357. The van der Waals surface area contributed by atoms with Crippen molar-refractivity contribution in [1.82, 2.24) is 5.32 Å². The molecular weight excluding hydrogens is 279 g/mol. The van der Waals surface area contributed by atoms with Gasteiger partial charge in [0.05, 0.1) is 18.4 Å². The number of amides is 2. The second kappa shape index (κ2) is 6.34. The first-order valence-electron chi connectivity index (χ1n) is 6.53. The summed E-state index contributed by atoms with van der Waals surface area (Å²) < 4.78 is 12.7. The van der Waals surface area contributed by atoms with E-state index in [2.05, 4.69) is 10.6 Å². The van der Waals surface area contributed by atoms with Crippen LogP contribution in [0.5, 0.6) is 0 Å². The number of carboxylic acids is 1. The van der Waals surface area contributed by atoms with Gasteiger partial charge in [0.1, 0.15) is 5.82 Å². The third-order valence-corrected chi connectivity index (χ3v) is 3.48. The van der Waals surface area contributed by atoms with E-state index in [1.165, 1.54) is 24.3 Å². The highest BCUT2D eigenvalue weighted by atomic mass is 19.1. The lowest BCUT2D eigenvalue weighted by atomic mass is 9.73. The number of anilines is 1. The molecule has 2 amide bonds. The van der Waals surface area contributed by atoms with Gasteiger partial charge in [0.15, 0.2) is 0 Å². The molecule has 112 valence electrons.